The van der Waals surface area contributed by atoms with Crippen molar-refractivity contribution in [3.8, 4) is 0 Å². The first-order valence-electron chi connectivity index (χ1n) is 4.16. The summed E-state index contributed by atoms with van der Waals surface area (Å²) in [6.07, 6.45) is 0.933. The standard InChI is InChI=1S/C7H14O.C2H7O2P.V/c1-5-7(3,4)6(2)8;1-5(2,3)4;/h8H,2,5H2,1,3-4H3;1-2H3,(H,3,4);. The number of aliphatic hydroxyl groups is 1. The summed E-state index contributed by atoms with van der Waals surface area (Å²) in [5.41, 5.74) is -0.0972. The van der Waals surface area contributed by atoms with Crippen LogP contribution in [0.5, 0.6) is 0 Å². The van der Waals surface area contributed by atoms with Crippen LogP contribution < -0.4 is 0 Å². The fourth-order valence-corrected chi connectivity index (χ4v) is 0.204. The van der Waals surface area contributed by atoms with Crippen LogP contribution in [0.3, 0.4) is 0 Å². The van der Waals surface area contributed by atoms with Crippen LogP contribution in [-0.4, -0.2) is 23.3 Å². The van der Waals surface area contributed by atoms with E-state index in [1.54, 1.807) is 0 Å². The first-order valence-corrected chi connectivity index (χ1v) is 6.72. The minimum atomic E-state index is -2.64. The van der Waals surface area contributed by atoms with Gasteiger partial charge in [-0.25, -0.2) is 0 Å². The average Bonchev–Trinajstić information content (AvgIpc) is 1.83. The molecule has 5 heteroatoms. The molecule has 0 aliphatic carbocycles. The Morgan fingerprint density at radius 1 is 1.43 bits per heavy atom. The van der Waals surface area contributed by atoms with Crippen molar-refractivity contribution in [3.05, 3.63) is 12.3 Å². The molecule has 0 aliphatic rings. The molecule has 0 amide bonds. The quantitative estimate of drug-likeness (QED) is 0.592. The van der Waals surface area contributed by atoms with Gasteiger partial charge in [-0.1, -0.05) is 27.4 Å². The van der Waals surface area contributed by atoms with Gasteiger partial charge in [-0.3, -0.25) is 4.57 Å². The molecule has 0 saturated carbocycles. The maximum Gasteiger partial charge on any atom is 0.194 e. The molecule has 0 spiro atoms. The number of rotatable bonds is 2. The van der Waals surface area contributed by atoms with Gasteiger partial charge in [-0.05, 0) is 6.42 Å². The predicted molar refractivity (Wildman–Crippen MR) is 57.5 cm³/mol. The Morgan fingerprint density at radius 2 is 1.64 bits per heavy atom. The molecule has 0 aromatic heterocycles. The normalized spacial score (nSPS) is 10.7. The average molecular weight is 259 g/mol. The molecule has 0 heterocycles. The fourth-order valence-electron chi connectivity index (χ4n) is 0.204. The van der Waals surface area contributed by atoms with Gasteiger partial charge in [-0.2, -0.15) is 0 Å². The van der Waals surface area contributed by atoms with E-state index in [1.165, 1.54) is 13.3 Å². The van der Waals surface area contributed by atoms with Crippen LogP contribution in [0.25, 0.3) is 0 Å². The van der Waals surface area contributed by atoms with E-state index >= 15 is 0 Å². The van der Waals surface area contributed by atoms with Crippen LogP contribution in [0.1, 0.15) is 27.2 Å². The third-order valence-electron chi connectivity index (χ3n) is 1.67. The Hall–Kier alpha value is 0.314. The van der Waals surface area contributed by atoms with Crippen molar-refractivity contribution in [3.63, 3.8) is 0 Å². The summed E-state index contributed by atoms with van der Waals surface area (Å²) in [6.45, 7) is 12.0. The van der Waals surface area contributed by atoms with Crippen LogP contribution in [0.15, 0.2) is 12.3 Å². The molecule has 0 fully saturated rings. The number of hydrogen-bond acceptors (Lipinski definition) is 2. The maximum absolute atomic E-state index is 9.77. The van der Waals surface area contributed by atoms with Crippen molar-refractivity contribution < 1.29 is 33.1 Å². The Bertz CT molecular complexity index is 200. The molecule has 14 heavy (non-hydrogen) atoms. The van der Waals surface area contributed by atoms with Crippen molar-refractivity contribution in [2.75, 3.05) is 13.3 Å². The second-order valence-corrected chi connectivity index (χ2v) is 6.57. The van der Waals surface area contributed by atoms with Crippen LogP contribution in [0.4, 0.5) is 0 Å². The topological polar surface area (TPSA) is 57.5 Å². The summed E-state index contributed by atoms with van der Waals surface area (Å²) in [4.78, 5) is 8.08. The number of hydrogen-bond donors (Lipinski definition) is 2. The van der Waals surface area contributed by atoms with E-state index in [0.717, 1.165) is 6.42 Å². The predicted octanol–water partition coefficient (Wildman–Crippen LogP) is 3.01. The van der Waals surface area contributed by atoms with Crippen molar-refractivity contribution in [2.24, 2.45) is 5.41 Å². The monoisotopic (exact) mass is 259 g/mol. The van der Waals surface area contributed by atoms with Gasteiger partial charge >= 0.3 is 0 Å². The number of aliphatic hydroxyl groups excluding tert-OH is 1. The summed E-state index contributed by atoms with van der Waals surface area (Å²) < 4.78 is 9.77. The van der Waals surface area contributed by atoms with Crippen LogP contribution in [-0.2, 0) is 23.1 Å². The zero-order chi connectivity index (χ0) is 11.3. The number of allylic oxidation sites excluding steroid dienone is 1. The smallest absolute Gasteiger partial charge is 0.194 e. The van der Waals surface area contributed by atoms with Gasteiger partial charge in [0.25, 0.3) is 0 Å². The molecule has 0 unspecified atom stereocenters. The van der Waals surface area contributed by atoms with E-state index in [9.17, 15) is 4.57 Å². The van der Waals surface area contributed by atoms with Gasteiger partial charge in [0.1, 0.15) is 0 Å². The van der Waals surface area contributed by atoms with Gasteiger partial charge in [0.2, 0.25) is 0 Å². The van der Waals surface area contributed by atoms with Gasteiger partial charge in [0, 0.05) is 37.3 Å². The van der Waals surface area contributed by atoms with Crippen LogP contribution in [0.2, 0.25) is 0 Å². The fraction of sp³-hybridized carbons (Fsp3) is 0.778. The molecule has 0 atom stereocenters. The zero-order valence-corrected chi connectivity index (χ0v) is 11.9. The Kier molecular flexibility index (Phi) is 10.7. The molecule has 1 radical (unpaired) electrons. The summed E-state index contributed by atoms with van der Waals surface area (Å²) >= 11 is 0. The first kappa shape index (κ1) is 19.8. The Morgan fingerprint density at radius 3 is 1.64 bits per heavy atom. The summed E-state index contributed by atoms with van der Waals surface area (Å²) in [7, 11) is -2.64. The largest absolute Gasteiger partial charge is 0.512 e. The van der Waals surface area contributed by atoms with Crippen molar-refractivity contribution in [2.45, 2.75) is 27.2 Å². The Labute approximate surface area is 98.9 Å². The third-order valence-corrected chi connectivity index (χ3v) is 1.67. The van der Waals surface area contributed by atoms with E-state index in [1.807, 2.05) is 20.8 Å². The molecular formula is C9H21O3PV. The second kappa shape index (κ2) is 7.59. The molecular weight excluding hydrogens is 238 g/mol. The van der Waals surface area contributed by atoms with Gasteiger partial charge in [-0.15, -0.1) is 0 Å². The van der Waals surface area contributed by atoms with E-state index in [4.69, 9.17) is 10.00 Å². The van der Waals surface area contributed by atoms with E-state index in [0.29, 0.717) is 0 Å². The van der Waals surface area contributed by atoms with Crippen molar-refractivity contribution in [1.29, 1.82) is 0 Å². The first-order chi connectivity index (χ1) is 5.50. The summed E-state index contributed by atoms with van der Waals surface area (Å²) in [6, 6.07) is 0. The Balaban J connectivity index is -0.000000177. The summed E-state index contributed by atoms with van der Waals surface area (Å²) in [5, 5.41) is 8.89. The third kappa shape index (κ3) is 18.2. The van der Waals surface area contributed by atoms with Gasteiger partial charge in [0.05, 0.1) is 5.76 Å². The van der Waals surface area contributed by atoms with Crippen LogP contribution in [0, 0.1) is 5.41 Å². The molecule has 85 valence electrons. The zero-order valence-electron chi connectivity index (χ0n) is 9.61. The van der Waals surface area contributed by atoms with E-state index < -0.39 is 7.37 Å². The minimum Gasteiger partial charge on any atom is -0.512 e. The molecule has 0 saturated heterocycles. The molecule has 0 aromatic carbocycles. The van der Waals surface area contributed by atoms with Gasteiger partial charge < -0.3 is 10.00 Å². The molecule has 0 rings (SSSR count). The van der Waals surface area contributed by atoms with E-state index in [-0.39, 0.29) is 29.7 Å². The maximum atomic E-state index is 9.77. The van der Waals surface area contributed by atoms with Crippen LogP contribution >= 0.6 is 7.37 Å². The summed E-state index contributed by atoms with van der Waals surface area (Å²) in [5.74, 6) is 0.278. The van der Waals surface area contributed by atoms with Crippen molar-refractivity contribution in [1.82, 2.24) is 0 Å². The molecule has 0 aliphatic heterocycles. The SMILES string of the molecule is C=C(O)C(C)(C)CC.CP(C)(=O)O.[V]. The minimum absolute atomic E-state index is 0. The molecule has 3 nitrogen and oxygen atoms in total. The molecule has 0 aromatic rings. The molecule has 0 bridgehead atoms. The van der Waals surface area contributed by atoms with E-state index in [2.05, 4.69) is 6.58 Å². The second-order valence-electron chi connectivity index (χ2n) is 3.98. The molecule has 2 N–H and O–H groups in total. The van der Waals surface area contributed by atoms with Gasteiger partial charge in [0.15, 0.2) is 7.37 Å². The van der Waals surface area contributed by atoms with Crippen molar-refractivity contribution >= 4 is 7.37 Å².